The number of hydrogen-bond donors (Lipinski definition) is 2. The average molecular weight is 285 g/mol. The summed E-state index contributed by atoms with van der Waals surface area (Å²) in [6, 6.07) is 5.55. The van der Waals surface area contributed by atoms with Crippen molar-refractivity contribution in [1.29, 1.82) is 0 Å². The average Bonchev–Trinajstić information content (AvgIpc) is 2.41. The fourth-order valence-corrected chi connectivity index (χ4v) is 1.46. The van der Waals surface area contributed by atoms with Crippen molar-refractivity contribution in [3.8, 4) is 5.75 Å². The Morgan fingerprint density at radius 2 is 2.25 bits per heavy atom. The largest absolute Gasteiger partial charge is 0.484 e. The monoisotopic (exact) mass is 285 g/mol. The van der Waals surface area contributed by atoms with Gasteiger partial charge < -0.3 is 19.9 Å². The summed E-state index contributed by atoms with van der Waals surface area (Å²) < 4.78 is 22.9. The van der Waals surface area contributed by atoms with Gasteiger partial charge in [-0.05, 0) is 19.1 Å². The van der Waals surface area contributed by atoms with E-state index >= 15 is 0 Å². The van der Waals surface area contributed by atoms with E-state index in [1.54, 1.807) is 20.1 Å². The number of methoxy groups -OCH3 is 1. The van der Waals surface area contributed by atoms with Gasteiger partial charge >= 0.3 is 0 Å². The van der Waals surface area contributed by atoms with E-state index in [1.807, 2.05) is 0 Å². The third-order valence-electron chi connectivity index (χ3n) is 2.68. The summed E-state index contributed by atoms with van der Waals surface area (Å²) in [6.07, 6.45) is 0.411. The molecule has 0 aliphatic rings. The molecule has 1 rings (SSSR count). The summed E-state index contributed by atoms with van der Waals surface area (Å²) >= 11 is 0. The number of aliphatic hydroxyl groups is 1. The van der Waals surface area contributed by atoms with E-state index in [0.717, 1.165) is 0 Å². The van der Waals surface area contributed by atoms with Crippen molar-refractivity contribution in [2.75, 3.05) is 26.9 Å². The first kappa shape index (κ1) is 16.4. The molecule has 0 heterocycles. The number of amides is 1. The number of carbonyl (C=O) groups excluding carboxylic acids is 1. The van der Waals surface area contributed by atoms with Crippen LogP contribution in [-0.2, 0) is 9.53 Å². The molecule has 1 amide bonds. The minimum absolute atomic E-state index is 0.0989. The molecular formula is C14H20FNO4. The first-order chi connectivity index (χ1) is 9.43. The lowest BCUT2D eigenvalue weighted by atomic mass is 10.0. The van der Waals surface area contributed by atoms with Crippen LogP contribution in [0, 0.1) is 5.82 Å². The SMILES string of the molecule is COCCC(C)(O)CNC(=O)COc1cccc(F)c1. The third kappa shape index (κ3) is 6.49. The molecular weight excluding hydrogens is 265 g/mol. The van der Waals surface area contributed by atoms with Crippen molar-refractivity contribution >= 4 is 5.91 Å². The summed E-state index contributed by atoms with van der Waals surface area (Å²) in [5.74, 6) is -0.524. The highest BCUT2D eigenvalue weighted by molar-refractivity contribution is 5.77. The van der Waals surface area contributed by atoms with Crippen LogP contribution in [0.5, 0.6) is 5.75 Å². The predicted octanol–water partition coefficient (Wildman–Crippen LogP) is 1.11. The maximum Gasteiger partial charge on any atom is 0.258 e. The zero-order valence-electron chi connectivity index (χ0n) is 11.7. The zero-order valence-corrected chi connectivity index (χ0v) is 11.7. The van der Waals surface area contributed by atoms with Gasteiger partial charge in [-0.25, -0.2) is 4.39 Å². The molecule has 1 aromatic carbocycles. The second-order valence-electron chi connectivity index (χ2n) is 4.76. The molecule has 5 nitrogen and oxygen atoms in total. The van der Waals surface area contributed by atoms with E-state index in [2.05, 4.69) is 5.32 Å². The normalized spacial score (nSPS) is 13.6. The fourth-order valence-electron chi connectivity index (χ4n) is 1.46. The zero-order chi connectivity index (χ0) is 15.0. The van der Waals surface area contributed by atoms with Crippen molar-refractivity contribution in [2.45, 2.75) is 18.9 Å². The van der Waals surface area contributed by atoms with Gasteiger partial charge in [0.05, 0.1) is 5.60 Å². The molecule has 0 aromatic heterocycles. The van der Waals surface area contributed by atoms with Crippen LogP contribution in [0.25, 0.3) is 0 Å². The summed E-state index contributed by atoms with van der Waals surface area (Å²) in [7, 11) is 1.54. The van der Waals surface area contributed by atoms with Crippen molar-refractivity contribution in [2.24, 2.45) is 0 Å². The Bertz CT molecular complexity index is 437. The van der Waals surface area contributed by atoms with E-state index in [9.17, 15) is 14.3 Å². The molecule has 6 heteroatoms. The minimum atomic E-state index is -1.04. The van der Waals surface area contributed by atoms with Gasteiger partial charge in [0.2, 0.25) is 0 Å². The molecule has 0 aliphatic heterocycles. The maximum absolute atomic E-state index is 12.9. The lowest BCUT2D eigenvalue weighted by Gasteiger charge is -2.23. The topological polar surface area (TPSA) is 67.8 Å². The first-order valence-electron chi connectivity index (χ1n) is 6.29. The van der Waals surface area contributed by atoms with E-state index in [-0.39, 0.29) is 24.8 Å². The summed E-state index contributed by atoms with van der Waals surface area (Å²) in [4.78, 5) is 11.5. The number of ether oxygens (including phenoxy) is 2. The highest BCUT2D eigenvalue weighted by Crippen LogP contribution is 2.11. The summed E-state index contributed by atoms with van der Waals surface area (Å²) in [5.41, 5.74) is -1.04. The molecule has 0 radical (unpaired) electrons. The molecule has 0 fully saturated rings. The van der Waals surface area contributed by atoms with Crippen LogP contribution in [0.4, 0.5) is 4.39 Å². The molecule has 1 unspecified atom stereocenters. The second-order valence-corrected chi connectivity index (χ2v) is 4.76. The Morgan fingerprint density at radius 3 is 2.90 bits per heavy atom. The van der Waals surface area contributed by atoms with Crippen molar-refractivity contribution in [3.05, 3.63) is 30.1 Å². The first-order valence-corrected chi connectivity index (χ1v) is 6.29. The van der Waals surface area contributed by atoms with E-state index in [0.29, 0.717) is 13.0 Å². The van der Waals surface area contributed by atoms with Crippen LogP contribution < -0.4 is 10.1 Å². The molecule has 1 atom stereocenters. The molecule has 0 spiro atoms. The Morgan fingerprint density at radius 1 is 1.50 bits per heavy atom. The molecule has 0 aliphatic carbocycles. The molecule has 2 N–H and O–H groups in total. The fraction of sp³-hybridized carbons (Fsp3) is 0.500. The number of carbonyl (C=O) groups is 1. The Kier molecular flexibility index (Phi) is 6.41. The van der Waals surface area contributed by atoms with Gasteiger partial charge in [0.1, 0.15) is 11.6 Å². The number of rotatable bonds is 8. The van der Waals surface area contributed by atoms with E-state index in [1.165, 1.54) is 18.2 Å². The van der Waals surface area contributed by atoms with Gasteiger partial charge in [-0.15, -0.1) is 0 Å². The van der Waals surface area contributed by atoms with Gasteiger partial charge in [-0.3, -0.25) is 4.79 Å². The van der Waals surface area contributed by atoms with Gasteiger partial charge in [-0.1, -0.05) is 6.07 Å². The summed E-state index contributed by atoms with van der Waals surface area (Å²) in [5, 5.41) is 12.5. The highest BCUT2D eigenvalue weighted by Gasteiger charge is 2.20. The minimum Gasteiger partial charge on any atom is -0.484 e. The number of halogens is 1. The van der Waals surface area contributed by atoms with Crippen molar-refractivity contribution < 1.29 is 23.8 Å². The Labute approximate surface area is 117 Å². The van der Waals surface area contributed by atoms with Crippen molar-refractivity contribution in [1.82, 2.24) is 5.32 Å². The standard InChI is InChI=1S/C14H20FNO4/c1-14(18,6-7-19-2)10-16-13(17)9-20-12-5-3-4-11(15)8-12/h3-5,8,18H,6-7,9-10H2,1-2H3,(H,16,17). The number of hydrogen-bond acceptors (Lipinski definition) is 4. The lowest BCUT2D eigenvalue weighted by Crippen LogP contribution is -2.42. The van der Waals surface area contributed by atoms with Crippen LogP contribution in [-0.4, -0.2) is 43.5 Å². The van der Waals surface area contributed by atoms with Gasteiger partial charge in [0, 0.05) is 32.7 Å². The number of nitrogens with one attached hydrogen (secondary N) is 1. The summed E-state index contributed by atoms with van der Waals surface area (Å²) in [6.45, 7) is 1.88. The van der Waals surface area contributed by atoms with Crippen LogP contribution in [0.1, 0.15) is 13.3 Å². The molecule has 0 saturated carbocycles. The molecule has 0 bridgehead atoms. The highest BCUT2D eigenvalue weighted by atomic mass is 19.1. The molecule has 0 saturated heterocycles. The van der Waals surface area contributed by atoms with E-state index in [4.69, 9.17) is 9.47 Å². The predicted molar refractivity (Wildman–Crippen MR) is 72.0 cm³/mol. The smallest absolute Gasteiger partial charge is 0.258 e. The van der Waals surface area contributed by atoms with Crippen LogP contribution in [0.15, 0.2) is 24.3 Å². The van der Waals surface area contributed by atoms with Gasteiger partial charge in [-0.2, -0.15) is 0 Å². The molecule has 1 aromatic rings. The third-order valence-corrected chi connectivity index (χ3v) is 2.68. The maximum atomic E-state index is 12.9. The van der Waals surface area contributed by atoms with Crippen LogP contribution >= 0.6 is 0 Å². The Hall–Kier alpha value is -1.66. The lowest BCUT2D eigenvalue weighted by molar-refractivity contribution is -0.124. The quantitative estimate of drug-likeness (QED) is 0.751. The van der Waals surface area contributed by atoms with Gasteiger partial charge in [0.15, 0.2) is 6.61 Å². The van der Waals surface area contributed by atoms with Crippen LogP contribution in [0.2, 0.25) is 0 Å². The second kappa shape index (κ2) is 7.81. The Balaban J connectivity index is 2.30. The van der Waals surface area contributed by atoms with Crippen LogP contribution in [0.3, 0.4) is 0 Å². The molecule has 20 heavy (non-hydrogen) atoms. The van der Waals surface area contributed by atoms with Crippen molar-refractivity contribution in [3.63, 3.8) is 0 Å². The van der Waals surface area contributed by atoms with E-state index < -0.39 is 11.4 Å². The number of benzene rings is 1. The molecule has 112 valence electrons. The van der Waals surface area contributed by atoms with Gasteiger partial charge in [0.25, 0.3) is 5.91 Å².